The number of anilines is 1. The molecule has 4 rings (SSSR count). The van der Waals surface area contributed by atoms with Crippen molar-refractivity contribution in [2.24, 2.45) is 0 Å². The minimum absolute atomic E-state index is 0.0251. The number of carbonyl (C=O) groups is 2. The first-order valence-electron chi connectivity index (χ1n) is 9.76. The number of hydrogen-bond donors (Lipinski definition) is 3. The normalized spacial score (nSPS) is 13.5. The Bertz CT molecular complexity index is 1180. The Kier molecular flexibility index (Phi) is 5.88. The van der Waals surface area contributed by atoms with Gasteiger partial charge in [-0.3, -0.25) is 9.59 Å². The van der Waals surface area contributed by atoms with E-state index in [9.17, 15) is 18.0 Å². The lowest BCUT2D eigenvalue weighted by Gasteiger charge is -2.11. The molecule has 160 valence electrons. The summed E-state index contributed by atoms with van der Waals surface area (Å²) >= 11 is 0. The standard InChI is InChI=1S/C22H21N3O5S/c26-21(25-20-6-2-1-5-19(20)22(27)24-16-9-10-16)15-7-11-18(12-8-15)31(28,29)23-14-17-4-3-13-30-17/h1-8,11-13,16,23H,9-10,14H2,(H,24,27)(H,25,26). The zero-order valence-corrected chi connectivity index (χ0v) is 17.3. The van der Waals surface area contributed by atoms with Crippen molar-refractivity contribution in [1.29, 1.82) is 0 Å². The predicted molar refractivity (Wildman–Crippen MR) is 114 cm³/mol. The molecular weight excluding hydrogens is 418 g/mol. The van der Waals surface area contributed by atoms with Gasteiger partial charge in [-0.05, 0) is 61.4 Å². The number of furan rings is 1. The van der Waals surface area contributed by atoms with Crippen LogP contribution in [0.1, 0.15) is 39.3 Å². The third-order valence-electron chi connectivity index (χ3n) is 4.78. The third kappa shape index (κ3) is 5.19. The number of sulfonamides is 1. The molecule has 3 aromatic rings. The molecule has 1 saturated carbocycles. The average molecular weight is 439 g/mol. The summed E-state index contributed by atoms with van der Waals surface area (Å²) in [5.41, 5.74) is 1.04. The van der Waals surface area contributed by atoms with Crippen LogP contribution < -0.4 is 15.4 Å². The molecule has 0 bridgehead atoms. The minimum atomic E-state index is -3.76. The van der Waals surface area contributed by atoms with Crippen molar-refractivity contribution < 1.29 is 22.4 Å². The second-order valence-electron chi connectivity index (χ2n) is 7.18. The van der Waals surface area contributed by atoms with Gasteiger partial charge in [0.2, 0.25) is 10.0 Å². The summed E-state index contributed by atoms with van der Waals surface area (Å²) < 4.78 is 32.4. The van der Waals surface area contributed by atoms with Crippen molar-refractivity contribution in [1.82, 2.24) is 10.0 Å². The van der Waals surface area contributed by atoms with Crippen molar-refractivity contribution in [3.8, 4) is 0 Å². The molecule has 31 heavy (non-hydrogen) atoms. The highest BCUT2D eigenvalue weighted by Gasteiger charge is 2.25. The lowest BCUT2D eigenvalue weighted by Crippen LogP contribution is -2.27. The van der Waals surface area contributed by atoms with Gasteiger partial charge in [0.25, 0.3) is 11.8 Å². The molecule has 1 heterocycles. The number of rotatable bonds is 8. The molecule has 2 amide bonds. The molecule has 0 unspecified atom stereocenters. The number of para-hydroxylation sites is 1. The number of amides is 2. The second-order valence-corrected chi connectivity index (χ2v) is 8.94. The van der Waals surface area contributed by atoms with Crippen LogP contribution in [0.5, 0.6) is 0 Å². The van der Waals surface area contributed by atoms with E-state index in [4.69, 9.17) is 4.42 Å². The number of hydrogen-bond acceptors (Lipinski definition) is 5. The Hall–Kier alpha value is -3.43. The fourth-order valence-corrected chi connectivity index (χ4v) is 3.92. The highest BCUT2D eigenvalue weighted by molar-refractivity contribution is 7.89. The lowest BCUT2D eigenvalue weighted by atomic mass is 10.1. The highest BCUT2D eigenvalue weighted by atomic mass is 32.2. The number of carbonyl (C=O) groups excluding carboxylic acids is 2. The van der Waals surface area contributed by atoms with Crippen LogP contribution in [-0.4, -0.2) is 26.3 Å². The van der Waals surface area contributed by atoms with Crippen molar-refractivity contribution in [3.63, 3.8) is 0 Å². The van der Waals surface area contributed by atoms with Crippen LogP contribution in [0.3, 0.4) is 0 Å². The predicted octanol–water partition coefficient (Wildman–Crippen LogP) is 2.90. The molecule has 9 heteroatoms. The second kappa shape index (κ2) is 8.75. The molecule has 0 spiro atoms. The van der Waals surface area contributed by atoms with Crippen molar-refractivity contribution >= 4 is 27.5 Å². The Morgan fingerprint density at radius 3 is 2.35 bits per heavy atom. The van der Waals surface area contributed by atoms with Gasteiger partial charge in [-0.2, -0.15) is 0 Å². The molecule has 0 radical (unpaired) electrons. The minimum Gasteiger partial charge on any atom is -0.468 e. The van der Waals surface area contributed by atoms with Crippen LogP contribution >= 0.6 is 0 Å². The zero-order valence-electron chi connectivity index (χ0n) is 16.5. The zero-order chi connectivity index (χ0) is 21.8. The summed E-state index contributed by atoms with van der Waals surface area (Å²) in [6.07, 6.45) is 3.39. The highest BCUT2D eigenvalue weighted by Crippen LogP contribution is 2.22. The molecule has 1 fully saturated rings. The van der Waals surface area contributed by atoms with E-state index in [1.54, 1.807) is 36.4 Å². The van der Waals surface area contributed by atoms with E-state index in [2.05, 4.69) is 15.4 Å². The Morgan fingerprint density at radius 1 is 0.935 bits per heavy atom. The van der Waals surface area contributed by atoms with E-state index in [-0.39, 0.29) is 29.0 Å². The molecule has 0 atom stereocenters. The number of nitrogens with one attached hydrogen (secondary N) is 3. The maximum Gasteiger partial charge on any atom is 0.255 e. The molecule has 0 saturated heterocycles. The monoisotopic (exact) mass is 439 g/mol. The topological polar surface area (TPSA) is 118 Å². The van der Waals surface area contributed by atoms with Crippen LogP contribution in [0.4, 0.5) is 5.69 Å². The van der Waals surface area contributed by atoms with E-state index in [0.29, 0.717) is 17.0 Å². The fraction of sp³-hybridized carbons (Fsp3) is 0.182. The first kappa shape index (κ1) is 20.8. The van der Waals surface area contributed by atoms with Gasteiger partial charge in [-0.1, -0.05) is 12.1 Å². The quantitative estimate of drug-likeness (QED) is 0.499. The Morgan fingerprint density at radius 2 is 1.68 bits per heavy atom. The van der Waals surface area contributed by atoms with E-state index in [0.717, 1.165) is 12.8 Å². The summed E-state index contributed by atoms with van der Waals surface area (Å²) in [6.45, 7) is 0.0251. The van der Waals surface area contributed by atoms with E-state index >= 15 is 0 Å². The third-order valence-corrected chi connectivity index (χ3v) is 6.19. The van der Waals surface area contributed by atoms with Gasteiger partial charge in [-0.25, -0.2) is 13.1 Å². The van der Waals surface area contributed by atoms with E-state index in [1.165, 1.54) is 30.5 Å². The van der Waals surface area contributed by atoms with Gasteiger partial charge in [0.1, 0.15) is 5.76 Å². The maximum atomic E-state index is 12.6. The largest absolute Gasteiger partial charge is 0.468 e. The summed E-state index contributed by atoms with van der Waals surface area (Å²) in [5, 5.41) is 5.63. The van der Waals surface area contributed by atoms with Crippen molar-refractivity contribution in [3.05, 3.63) is 83.8 Å². The Balaban J connectivity index is 1.43. The first-order valence-corrected chi connectivity index (χ1v) is 11.2. The van der Waals surface area contributed by atoms with Gasteiger partial charge in [-0.15, -0.1) is 0 Å². The summed E-state index contributed by atoms with van der Waals surface area (Å²) in [6, 6.07) is 15.8. The van der Waals surface area contributed by atoms with Crippen LogP contribution in [0.2, 0.25) is 0 Å². The number of benzene rings is 2. The molecule has 8 nitrogen and oxygen atoms in total. The van der Waals surface area contributed by atoms with Crippen LogP contribution in [-0.2, 0) is 16.6 Å². The molecule has 1 aliphatic carbocycles. The summed E-state index contributed by atoms with van der Waals surface area (Å²) in [5.74, 6) is -0.189. The van der Waals surface area contributed by atoms with Gasteiger partial charge in [0, 0.05) is 11.6 Å². The van der Waals surface area contributed by atoms with Crippen molar-refractivity contribution in [2.75, 3.05) is 5.32 Å². The van der Waals surface area contributed by atoms with Crippen LogP contribution in [0.25, 0.3) is 0 Å². The van der Waals surface area contributed by atoms with Crippen molar-refractivity contribution in [2.45, 2.75) is 30.3 Å². The summed E-state index contributed by atoms with van der Waals surface area (Å²) in [4.78, 5) is 25.1. The fourth-order valence-electron chi connectivity index (χ4n) is 2.92. The molecule has 3 N–H and O–H groups in total. The van der Waals surface area contributed by atoms with Gasteiger partial charge in [0.05, 0.1) is 29.0 Å². The van der Waals surface area contributed by atoms with Gasteiger partial charge < -0.3 is 15.1 Å². The Labute approximate surface area is 179 Å². The van der Waals surface area contributed by atoms with Crippen LogP contribution in [0, 0.1) is 0 Å². The molecule has 1 aromatic heterocycles. The smallest absolute Gasteiger partial charge is 0.255 e. The molecule has 1 aliphatic rings. The molecule has 0 aliphatic heterocycles. The average Bonchev–Trinajstić information content (AvgIpc) is 3.42. The van der Waals surface area contributed by atoms with Gasteiger partial charge in [0.15, 0.2) is 0 Å². The lowest BCUT2D eigenvalue weighted by molar-refractivity contribution is 0.0952. The summed E-state index contributed by atoms with van der Waals surface area (Å²) in [7, 11) is -3.76. The molecular formula is C22H21N3O5S. The molecule has 2 aromatic carbocycles. The van der Waals surface area contributed by atoms with E-state index < -0.39 is 15.9 Å². The van der Waals surface area contributed by atoms with E-state index in [1.807, 2.05) is 0 Å². The maximum absolute atomic E-state index is 12.6. The van der Waals surface area contributed by atoms with Gasteiger partial charge >= 0.3 is 0 Å². The first-order chi connectivity index (χ1) is 14.9. The SMILES string of the molecule is O=C(Nc1ccccc1C(=O)NC1CC1)c1ccc(S(=O)(=O)NCc2ccco2)cc1. The van der Waals surface area contributed by atoms with Crippen LogP contribution in [0.15, 0.2) is 76.2 Å².